The summed E-state index contributed by atoms with van der Waals surface area (Å²) in [4.78, 5) is 29.2. The minimum absolute atomic E-state index is 0.151. The second-order valence-corrected chi connectivity index (χ2v) is 6.84. The highest BCUT2D eigenvalue weighted by Crippen LogP contribution is 2.18. The summed E-state index contributed by atoms with van der Waals surface area (Å²) < 4.78 is 0. The Labute approximate surface area is 164 Å². The number of rotatable bonds is 5. The van der Waals surface area contributed by atoms with E-state index in [4.69, 9.17) is 0 Å². The topological polar surface area (TPSA) is 71.1 Å². The Bertz CT molecular complexity index is 1000. The fraction of sp³-hybridized carbons (Fsp3) is 0.174. The molecule has 0 radical (unpaired) electrons. The molecule has 0 aliphatic rings. The predicted octanol–water partition coefficient (Wildman–Crippen LogP) is 4.44. The second kappa shape index (κ2) is 8.48. The molecule has 2 aromatic carbocycles. The van der Waals surface area contributed by atoms with Crippen LogP contribution < -0.4 is 10.6 Å². The molecule has 3 rings (SSSR count). The molecule has 5 nitrogen and oxygen atoms in total. The van der Waals surface area contributed by atoms with Gasteiger partial charge in [-0.15, -0.1) is 0 Å². The molecule has 0 saturated carbocycles. The molecule has 2 N–H and O–H groups in total. The van der Waals surface area contributed by atoms with Gasteiger partial charge in [-0.1, -0.05) is 48.0 Å². The highest BCUT2D eigenvalue weighted by molar-refractivity contribution is 6.06. The standard InChI is InChI=1S/C23H23N3O2/c1-15-9-10-21(16(2)11-15)26-23(28)20-12-19(13-24-14-20)22(27)25-17(3)18-7-5-4-6-8-18/h4-14,17H,1-3H3,(H,25,27)(H,26,28). The summed E-state index contributed by atoms with van der Waals surface area (Å²) in [5.74, 6) is -0.574. The fourth-order valence-corrected chi connectivity index (χ4v) is 2.94. The molecule has 0 aliphatic carbocycles. The van der Waals surface area contributed by atoms with Crippen LogP contribution in [0.1, 0.15) is 50.4 Å². The van der Waals surface area contributed by atoms with E-state index in [1.165, 1.54) is 12.4 Å². The normalized spacial score (nSPS) is 11.5. The largest absolute Gasteiger partial charge is 0.345 e. The molecule has 0 bridgehead atoms. The Hall–Kier alpha value is -3.47. The van der Waals surface area contributed by atoms with Crippen LogP contribution in [0.2, 0.25) is 0 Å². The number of amides is 2. The number of nitrogens with zero attached hydrogens (tertiary/aromatic N) is 1. The van der Waals surface area contributed by atoms with Crippen LogP contribution in [-0.4, -0.2) is 16.8 Å². The van der Waals surface area contributed by atoms with E-state index in [0.29, 0.717) is 11.1 Å². The molecule has 28 heavy (non-hydrogen) atoms. The molecule has 1 atom stereocenters. The zero-order valence-electron chi connectivity index (χ0n) is 16.2. The number of carbonyl (C=O) groups is 2. The van der Waals surface area contributed by atoms with Gasteiger partial charge in [0.25, 0.3) is 11.8 Å². The van der Waals surface area contributed by atoms with E-state index in [1.54, 1.807) is 6.07 Å². The van der Waals surface area contributed by atoms with Crippen LogP contribution in [0.25, 0.3) is 0 Å². The molecule has 1 aromatic heterocycles. The summed E-state index contributed by atoms with van der Waals surface area (Å²) in [5, 5.41) is 5.81. The maximum Gasteiger partial charge on any atom is 0.257 e. The predicted molar refractivity (Wildman–Crippen MR) is 110 cm³/mol. The molecule has 2 amide bonds. The Morgan fingerprint density at radius 3 is 2.25 bits per heavy atom. The van der Waals surface area contributed by atoms with Crippen molar-refractivity contribution in [3.63, 3.8) is 0 Å². The van der Waals surface area contributed by atoms with Gasteiger partial charge in [0, 0.05) is 18.1 Å². The lowest BCUT2D eigenvalue weighted by Crippen LogP contribution is -2.27. The minimum Gasteiger partial charge on any atom is -0.345 e. The van der Waals surface area contributed by atoms with Crippen molar-refractivity contribution in [2.45, 2.75) is 26.8 Å². The van der Waals surface area contributed by atoms with E-state index in [2.05, 4.69) is 15.6 Å². The molecule has 0 spiro atoms. The van der Waals surface area contributed by atoms with Gasteiger partial charge < -0.3 is 10.6 Å². The molecule has 142 valence electrons. The third kappa shape index (κ3) is 4.62. The van der Waals surface area contributed by atoms with Crippen LogP contribution >= 0.6 is 0 Å². The minimum atomic E-state index is -0.301. The summed E-state index contributed by atoms with van der Waals surface area (Å²) in [6, 6.07) is 16.9. The molecule has 0 fully saturated rings. The quantitative estimate of drug-likeness (QED) is 0.694. The highest BCUT2D eigenvalue weighted by atomic mass is 16.2. The summed E-state index contributed by atoms with van der Waals surface area (Å²) in [7, 11) is 0. The third-order valence-corrected chi connectivity index (χ3v) is 4.54. The average molecular weight is 373 g/mol. The Balaban J connectivity index is 1.72. The van der Waals surface area contributed by atoms with Crippen LogP contribution in [0.5, 0.6) is 0 Å². The number of anilines is 1. The number of carbonyl (C=O) groups excluding carboxylic acids is 2. The molecule has 5 heteroatoms. The van der Waals surface area contributed by atoms with Gasteiger partial charge in [-0.2, -0.15) is 0 Å². The first-order valence-corrected chi connectivity index (χ1v) is 9.13. The van der Waals surface area contributed by atoms with Gasteiger partial charge in [0.1, 0.15) is 0 Å². The SMILES string of the molecule is Cc1ccc(NC(=O)c2cncc(C(=O)NC(C)c3ccccc3)c2)c(C)c1. The maximum absolute atomic E-state index is 12.6. The van der Waals surface area contributed by atoms with Gasteiger partial charge in [0.2, 0.25) is 0 Å². The first kappa shape index (κ1) is 19.3. The fourth-order valence-electron chi connectivity index (χ4n) is 2.94. The molecular weight excluding hydrogens is 350 g/mol. The van der Waals surface area contributed by atoms with Crippen LogP contribution in [-0.2, 0) is 0 Å². The number of hydrogen-bond acceptors (Lipinski definition) is 3. The van der Waals surface area contributed by atoms with Crippen LogP contribution in [0.15, 0.2) is 67.0 Å². The Kier molecular flexibility index (Phi) is 5.84. The van der Waals surface area contributed by atoms with E-state index >= 15 is 0 Å². The molecular formula is C23H23N3O2. The van der Waals surface area contributed by atoms with E-state index in [-0.39, 0.29) is 17.9 Å². The van der Waals surface area contributed by atoms with Crippen molar-refractivity contribution in [1.29, 1.82) is 0 Å². The van der Waals surface area contributed by atoms with Crippen molar-refractivity contribution in [2.24, 2.45) is 0 Å². The zero-order chi connectivity index (χ0) is 20.1. The van der Waals surface area contributed by atoms with Crippen LogP contribution in [0, 0.1) is 13.8 Å². The van der Waals surface area contributed by atoms with Gasteiger partial charge >= 0.3 is 0 Å². The van der Waals surface area contributed by atoms with Crippen molar-refractivity contribution < 1.29 is 9.59 Å². The third-order valence-electron chi connectivity index (χ3n) is 4.54. The summed E-state index contributed by atoms with van der Waals surface area (Å²) in [5.41, 5.74) is 4.53. The first-order valence-electron chi connectivity index (χ1n) is 9.13. The number of hydrogen-bond donors (Lipinski definition) is 2. The van der Waals surface area contributed by atoms with Crippen LogP contribution in [0.3, 0.4) is 0 Å². The molecule has 1 heterocycles. The number of benzene rings is 2. The number of aryl methyl sites for hydroxylation is 2. The number of pyridine rings is 1. The Morgan fingerprint density at radius 2 is 1.57 bits per heavy atom. The van der Waals surface area contributed by atoms with E-state index in [1.807, 2.05) is 69.3 Å². The van der Waals surface area contributed by atoms with Gasteiger partial charge in [-0.25, -0.2) is 0 Å². The lowest BCUT2D eigenvalue weighted by Gasteiger charge is -2.14. The van der Waals surface area contributed by atoms with Crippen molar-refractivity contribution in [2.75, 3.05) is 5.32 Å². The van der Waals surface area contributed by atoms with Crippen molar-refractivity contribution in [3.05, 3.63) is 94.8 Å². The van der Waals surface area contributed by atoms with Crippen molar-refractivity contribution in [3.8, 4) is 0 Å². The van der Waals surface area contributed by atoms with Crippen molar-refractivity contribution >= 4 is 17.5 Å². The van der Waals surface area contributed by atoms with Gasteiger partial charge in [-0.05, 0) is 44.0 Å². The van der Waals surface area contributed by atoms with E-state index in [0.717, 1.165) is 22.4 Å². The Morgan fingerprint density at radius 1 is 0.893 bits per heavy atom. The second-order valence-electron chi connectivity index (χ2n) is 6.84. The average Bonchev–Trinajstić information content (AvgIpc) is 2.70. The molecule has 1 unspecified atom stereocenters. The first-order chi connectivity index (χ1) is 13.4. The summed E-state index contributed by atoms with van der Waals surface area (Å²) in [6.07, 6.45) is 2.91. The van der Waals surface area contributed by atoms with E-state index in [9.17, 15) is 9.59 Å². The number of aromatic nitrogens is 1. The smallest absolute Gasteiger partial charge is 0.257 e. The van der Waals surface area contributed by atoms with E-state index < -0.39 is 0 Å². The van der Waals surface area contributed by atoms with Gasteiger partial charge in [0.05, 0.1) is 17.2 Å². The van der Waals surface area contributed by atoms with Crippen molar-refractivity contribution in [1.82, 2.24) is 10.3 Å². The van der Waals surface area contributed by atoms with Crippen LogP contribution in [0.4, 0.5) is 5.69 Å². The van der Waals surface area contributed by atoms with Gasteiger partial charge in [-0.3, -0.25) is 14.6 Å². The number of nitrogens with one attached hydrogen (secondary N) is 2. The molecule has 3 aromatic rings. The summed E-state index contributed by atoms with van der Waals surface area (Å²) >= 11 is 0. The monoisotopic (exact) mass is 373 g/mol. The lowest BCUT2D eigenvalue weighted by molar-refractivity contribution is 0.0939. The molecule has 0 aliphatic heterocycles. The lowest BCUT2D eigenvalue weighted by atomic mass is 10.1. The highest BCUT2D eigenvalue weighted by Gasteiger charge is 2.15. The molecule has 0 saturated heterocycles. The van der Waals surface area contributed by atoms with Gasteiger partial charge in [0.15, 0.2) is 0 Å². The summed E-state index contributed by atoms with van der Waals surface area (Å²) in [6.45, 7) is 5.86. The maximum atomic E-state index is 12.6. The zero-order valence-corrected chi connectivity index (χ0v) is 16.2.